The molecule has 1 N–H and O–H groups in total. The Kier molecular flexibility index (Phi) is 5.65. The Balaban J connectivity index is 2.71. The van der Waals surface area contributed by atoms with E-state index in [1.807, 2.05) is 39.2 Å². The third kappa shape index (κ3) is 4.37. The predicted molar refractivity (Wildman–Crippen MR) is 73.8 cm³/mol. The molecule has 0 aliphatic carbocycles. The molecule has 0 fully saturated rings. The summed E-state index contributed by atoms with van der Waals surface area (Å²) in [6.45, 7) is 5.43. The average molecular weight is 250 g/mol. The van der Waals surface area contributed by atoms with Crippen molar-refractivity contribution in [1.82, 2.24) is 4.90 Å². The first kappa shape index (κ1) is 14.5. The number of hydrogen-bond donors (Lipinski definition) is 1. The summed E-state index contributed by atoms with van der Waals surface area (Å²) in [5, 5.41) is 12.1. The summed E-state index contributed by atoms with van der Waals surface area (Å²) in [6, 6.07) is 5.88. The summed E-state index contributed by atoms with van der Waals surface area (Å²) in [7, 11) is 4.08. The first-order valence-corrected chi connectivity index (χ1v) is 6.12. The number of aryl methyl sites for hydroxylation is 1. The van der Waals surface area contributed by atoms with Gasteiger partial charge in [-0.05, 0) is 52.1 Å². The lowest BCUT2D eigenvalue weighted by Crippen LogP contribution is -2.16. The fourth-order valence-corrected chi connectivity index (χ4v) is 1.66. The van der Waals surface area contributed by atoms with Crippen molar-refractivity contribution in [3.63, 3.8) is 0 Å². The monoisotopic (exact) mass is 250 g/mol. The third-order valence-corrected chi connectivity index (χ3v) is 2.68. The summed E-state index contributed by atoms with van der Waals surface area (Å²) in [4.78, 5) is 2.13. The predicted octanol–water partition coefficient (Wildman–Crippen LogP) is 2.52. The molecule has 0 spiro atoms. The summed E-state index contributed by atoms with van der Waals surface area (Å²) >= 11 is 0. The van der Waals surface area contributed by atoms with E-state index >= 15 is 0 Å². The van der Waals surface area contributed by atoms with Crippen LogP contribution in [0.3, 0.4) is 0 Å². The Labute approximate surface area is 109 Å². The lowest BCUT2D eigenvalue weighted by Gasteiger charge is -2.13. The van der Waals surface area contributed by atoms with Crippen LogP contribution in [0.5, 0.6) is 5.75 Å². The number of nitrogens with zero attached hydrogens (tertiary/aromatic N) is 2. The molecule has 0 atom stereocenters. The highest BCUT2D eigenvalue weighted by atomic mass is 16.5. The van der Waals surface area contributed by atoms with Crippen LogP contribution >= 0.6 is 0 Å². The molecule has 0 unspecified atom stereocenters. The highest BCUT2D eigenvalue weighted by Gasteiger charge is 2.07. The second-order valence-electron chi connectivity index (χ2n) is 4.69. The standard InChI is InChI=1S/C14H22N2O2/c1-11-6-7-13(12(2)15-17)14(10-11)18-9-5-8-16(3)4/h6-7,10,17H,5,8-9H2,1-4H3/b15-12+. The second-order valence-corrected chi connectivity index (χ2v) is 4.69. The van der Waals surface area contributed by atoms with Crippen LogP contribution in [0.1, 0.15) is 24.5 Å². The fraction of sp³-hybridized carbons (Fsp3) is 0.500. The quantitative estimate of drug-likeness (QED) is 0.365. The normalized spacial score (nSPS) is 11.9. The second kappa shape index (κ2) is 7.01. The summed E-state index contributed by atoms with van der Waals surface area (Å²) < 4.78 is 5.77. The first-order chi connectivity index (χ1) is 8.54. The molecule has 100 valence electrons. The molecular formula is C14H22N2O2. The van der Waals surface area contributed by atoms with Crippen LogP contribution in [-0.2, 0) is 0 Å². The molecule has 1 aromatic rings. The Morgan fingerprint density at radius 1 is 1.39 bits per heavy atom. The molecule has 0 saturated heterocycles. The molecule has 1 aromatic carbocycles. The Hall–Kier alpha value is -1.55. The van der Waals surface area contributed by atoms with Gasteiger partial charge in [-0.3, -0.25) is 0 Å². The van der Waals surface area contributed by atoms with Crippen molar-refractivity contribution in [2.45, 2.75) is 20.3 Å². The van der Waals surface area contributed by atoms with Gasteiger partial charge in [0, 0.05) is 12.1 Å². The molecule has 0 heterocycles. The molecule has 0 aromatic heterocycles. The number of rotatable bonds is 6. The van der Waals surface area contributed by atoms with Crippen LogP contribution < -0.4 is 4.74 Å². The van der Waals surface area contributed by atoms with Crippen LogP contribution in [0.25, 0.3) is 0 Å². The molecular weight excluding hydrogens is 228 g/mol. The molecule has 0 amide bonds. The van der Waals surface area contributed by atoms with E-state index in [2.05, 4.69) is 10.1 Å². The van der Waals surface area contributed by atoms with Crippen molar-refractivity contribution >= 4 is 5.71 Å². The Morgan fingerprint density at radius 3 is 2.72 bits per heavy atom. The maximum Gasteiger partial charge on any atom is 0.128 e. The minimum atomic E-state index is 0.567. The largest absolute Gasteiger partial charge is 0.493 e. The van der Waals surface area contributed by atoms with Gasteiger partial charge in [0.25, 0.3) is 0 Å². The molecule has 0 bridgehead atoms. The fourth-order valence-electron chi connectivity index (χ4n) is 1.66. The van der Waals surface area contributed by atoms with Crippen molar-refractivity contribution in [3.8, 4) is 5.75 Å². The van der Waals surface area contributed by atoms with Crippen molar-refractivity contribution in [1.29, 1.82) is 0 Å². The minimum absolute atomic E-state index is 0.567. The SMILES string of the molecule is C/C(=N\O)c1ccc(C)cc1OCCCN(C)C. The van der Waals surface area contributed by atoms with E-state index in [0.717, 1.165) is 29.8 Å². The molecule has 0 radical (unpaired) electrons. The third-order valence-electron chi connectivity index (χ3n) is 2.68. The lowest BCUT2D eigenvalue weighted by atomic mass is 10.1. The molecule has 4 heteroatoms. The van der Waals surface area contributed by atoms with E-state index in [4.69, 9.17) is 9.94 Å². The van der Waals surface area contributed by atoms with Crippen molar-refractivity contribution in [2.24, 2.45) is 5.16 Å². The average Bonchev–Trinajstić information content (AvgIpc) is 2.33. The zero-order chi connectivity index (χ0) is 13.5. The van der Waals surface area contributed by atoms with Crippen LogP contribution in [0.2, 0.25) is 0 Å². The van der Waals surface area contributed by atoms with Gasteiger partial charge in [-0.15, -0.1) is 0 Å². The maximum atomic E-state index is 8.85. The van der Waals surface area contributed by atoms with Gasteiger partial charge in [0.15, 0.2) is 0 Å². The van der Waals surface area contributed by atoms with E-state index in [9.17, 15) is 0 Å². The van der Waals surface area contributed by atoms with Gasteiger partial charge in [-0.25, -0.2) is 0 Å². The molecule has 18 heavy (non-hydrogen) atoms. The van der Waals surface area contributed by atoms with E-state index < -0.39 is 0 Å². The van der Waals surface area contributed by atoms with Gasteiger partial charge >= 0.3 is 0 Å². The summed E-state index contributed by atoms with van der Waals surface area (Å²) in [5.74, 6) is 0.782. The molecule has 4 nitrogen and oxygen atoms in total. The van der Waals surface area contributed by atoms with E-state index in [-0.39, 0.29) is 0 Å². The van der Waals surface area contributed by atoms with Crippen molar-refractivity contribution in [3.05, 3.63) is 29.3 Å². The van der Waals surface area contributed by atoms with Gasteiger partial charge < -0.3 is 14.8 Å². The first-order valence-electron chi connectivity index (χ1n) is 6.12. The molecule has 0 aliphatic heterocycles. The Bertz CT molecular complexity index is 414. The summed E-state index contributed by atoms with van der Waals surface area (Å²) in [6.07, 6.45) is 0.968. The van der Waals surface area contributed by atoms with Crippen molar-refractivity contribution < 1.29 is 9.94 Å². The van der Waals surface area contributed by atoms with Crippen LogP contribution in [0.15, 0.2) is 23.4 Å². The number of ether oxygens (including phenoxy) is 1. The smallest absolute Gasteiger partial charge is 0.128 e. The van der Waals surface area contributed by atoms with Gasteiger partial charge in [0.05, 0.1) is 12.3 Å². The van der Waals surface area contributed by atoms with Crippen molar-refractivity contribution in [2.75, 3.05) is 27.2 Å². The highest BCUT2D eigenvalue weighted by Crippen LogP contribution is 2.21. The van der Waals surface area contributed by atoms with Gasteiger partial charge in [0.1, 0.15) is 5.75 Å². The molecule has 1 rings (SSSR count). The molecule has 0 aliphatic rings. The highest BCUT2D eigenvalue weighted by molar-refractivity contribution is 6.00. The van der Waals surface area contributed by atoms with Gasteiger partial charge in [-0.2, -0.15) is 0 Å². The lowest BCUT2D eigenvalue weighted by molar-refractivity contribution is 0.280. The zero-order valence-corrected chi connectivity index (χ0v) is 11.6. The van der Waals surface area contributed by atoms with Crippen LogP contribution in [0.4, 0.5) is 0 Å². The van der Waals surface area contributed by atoms with Gasteiger partial charge in [-0.1, -0.05) is 11.2 Å². The van der Waals surface area contributed by atoms with E-state index in [0.29, 0.717) is 12.3 Å². The minimum Gasteiger partial charge on any atom is -0.493 e. The maximum absolute atomic E-state index is 8.85. The van der Waals surface area contributed by atoms with Gasteiger partial charge in [0.2, 0.25) is 0 Å². The van der Waals surface area contributed by atoms with Crippen LogP contribution in [0, 0.1) is 6.92 Å². The molecule has 0 saturated carbocycles. The number of hydrogen-bond acceptors (Lipinski definition) is 4. The zero-order valence-electron chi connectivity index (χ0n) is 11.6. The Morgan fingerprint density at radius 2 is 2.11 bits per heavy atom. The summed E-state index contributed by atoms with van der Waals surface area (Å²) in [5.41, 5.74) is 2.54. The number of oxime groups is 1. The topological polar surface area (TPSA) is 45.1 Å². The van der Waals surface area contributed by atoms with E-state index in [1.54, 1.807) is 6.92 Å². The number of benzene rings is 1. The van der Waals surface area contributed by atoms with Crippen LogP contribution in [-0.4, -0.2) is 43.1 Å². The van der Waals surface area contributed by atoms with E-state index in [1.165, 1.54) is 0 Å².